The topological polar surface area (TPSA) is 54.0 Å². The van der Waals surface area contributed by atoms with Crippen LogP contribution in [0.25, 0.3) is 10.9 Å². The molecule has 4 heteroatoms. The maximum absolute atomic E-state index is 11.5. The average molecular weight is 271 g/mol. The van der Waals surface area contributed by atoms with Gasteiger partial charge in [0.05, 0.1) is 5.52 Å². The molecule has 1 amide bonds. The summed E-state index contributed by atoms with van der Waals surface area (Å²) in [6, 6.07) is 10.4. The Balaban J connectivity index is 1.79. The number of rotatable bonds is 6. The number of amides is 1. The Kier molecular flexibility index (Phi) is 5.07. The number of carbonyl (C=O) groups is 1. The minimum Gasteiger partial charge on any atom is -0.354 e. The predicted molar refractivity (Wildman–Crippen MR) is 81.3 cm³/mol. The third-order valence-electron chi connectivity index (χ3n) is 2.98. The number of benzene rings is 1. The third kappa shape index (κ3) is 4.31. The molecule has 20 heavy (non-hydrogen) atoms. The minimum atomic E-state index is 0.0928. The summed E-state index contributed by atoms with van der Waals surface area (Å²) in [6.45, 7) is 5.38. The van der Waals surface area contributed by atoms with E-state index >= 15 is 0 Å². The predicted octanol–water partition coefficient (Wildman–Crippen LogP) is 2.24. The van der Waals surface area contributed by atoms with Crippen molar-refractivity contribution in [3.63, 3.8) is 0 Å². The summed E-state index contributed by atoms with van der Waals surface area (Å²) in [6.07, 6.45) is 2.31. The summed E-state index contributed by atoms with van der Waals surface area (Å²) >= 11 is 0. The highest BCUT2D eigenvalue weighted by atomic mass is 16.1. The van der Waals surface area contributed by atoms with E-state index in [2.05, 4.69) is 33.8 Å². The number of aromatic nitrogens is 1. The fraction of sp³-hybridized carbons (Fsp3) is 0.375. The Morgan fingerprint density at radius 1 is 1.30 bits per heavy atom. The second-order valence-corrected chi connectivity index (χ2v) is 5.18. The molecule has 106 valence electrons. The van der Waals surface area contributed by atoms with Gasteiger partial charge in [-0.3, -0.25) is 9.78 Å². The molecular formula is C16H21N3O. The van der Waals surface area contributed by atoms with E-state index in [1.807, 2.05) is 26.0 Å². The number of hydrogen-bond acceptors (Lipinski definition) is 3. The van der Waals surface area contributed by atoms with E-state index in [0.29, 0.717) is 13.0 Å². The highest BCUT2D eigenvalue weighted by Gasteiger charge is 2.02. The summed E-state index contributed by atoms with van der Waals surface area (Å²) < 4.78 is 0. The summed E-state index contributed by atoms with van der Waals surface area (Å²) in [7, 11) is 0. The quantitative estimate of drug-likeness (QED) is 0.792. The number of nitrogens with one attached hydrogen (secondary N) is 2. The monoisotopic (exact) mass is 271 g/mol. The van der Waals surface area contributed by atoms with E-state index in [9.17, 15) is 4.79 Å². The van der Waals surface area contributed by atoms with Crippen LogP contribution >= 0.6 is 0 Å². The summed E-state index contributed by atoms with van der Waals surface area (Å²) in [5.74, 6) is 0.0928. The molecule has 0 aliphatic heterocycles. The molecule has 2 N–H and O–H groups in total. The zero-order valence-corrected chi connectivity index (χ0v) is 12.0. The fourth-order valence-corrected chi connectivity index (χ4v) is 2.06. The van der Waals surface area contributed by atoms with Crippen molar-refractivity contribution in [2.24, 2.45) is 0 Å². The molecule has 1 heterocycles. The van der Waals surface area contributed by atoms with Gasteiger partial charge in [0.1, 0.15) is 0 Å². The van der Waals surface area contributed by atoms with Crippen LogP contribution < -0.4 is 10.6 Å². The lowest BCUT2D eigenvalue weighted by Crippen LogP contribution is -2.32. The molecule has 2 rings (SSSR count). The van der Waals surface area contributed by atoms with Gasteiger partial charge in [0.15, 0.2) is 0 Å². The molecule has 0 aliphatic carbocycles. The Bertz CT molecular complexity index is 581. The van der Waals surface area contributed by atoms with Crippen molar-refractivity contribution in [2.75, 3.05) is 6.54 Å². The van der Waals surface area contributed by atoms with Gasteiger partial charge < -0.3 is 10.6 Å². The maximum atomic E-state index is 11.5. The largest absolute Gasteiger partial charge is 0.354 e. The summed E-state index contributed by atoms with van der Waals surface area (Å²) in [4.78, 5) is 15.8. The number of fused-ring (bicyclic) bond motifs is 1. The van der Waals surface area contributed by atoms with Crippen LogP contribution in [0.2, 0.25) is 0 Å². The van der Waals surface area contributed by atoms with Gasteiger partial charge in [0, 0.05) is 37.1 Å². The van der Waals surface area contributed by atoms with E-state index in [-0.39, 0.29) is 11.9 Å². The third-order valence-corrected chi connectivity index (χ3v) is 2.98. The summed E-state index contributed by atoms with van der Waals surface area (Å²) in [5.41, 5.74) is 2.21. The van der Waals surface area contributed by atoms with Crippen molar-refractivity contribution < 1.29 is 4.79 Å². The highest BCUT2D eigenvalue weighted by Crippen LogP contribution is 2.12. The van der Waals surface area contributed by atoms with Crippen LogP contribution in [0.5, 0.6) is 0 Å². The molecule has 1 aromatic heterocycles. The van der Waals surface area contributed by atoms with Gasteiger partial charge in [-0.25, -0.2) is 0 Å². The first-order valence-corrected chi connectivity index (χ1v) is 6.99. The van der Waals surface area contributed by atoms with Crippen molar-refractivity contribution >= 4 is 16.8 Å². The van der Waals surface area contributed by atoms with Crippen LogP contribution in [0.4, 0.5) is 0 Å². The number of pyridine rings is 1. The first kappa shape index (κ1) is 14.5. The van der Waals surface area contributed by atoms with Crippen molar-refractivity contribution in [3.05, 3.63) is 42.1 Å². The van der Waals surface area contributed by atoms with Crippen LogP contribution in [0.3, 0.4) is 0 Å². The van der Waals surface area contributed by atoms with Crippen molar-refractivity contribution in [1.29, 1.82) is 0 Å². The molecule has 0 bridgehead atoms. The molecule has 0 radical (unpaired) electrons. The van der Waals surface area contributed by atoms with Crippen LogP contribution in [0.1, 0.15) is 25.8 Å². The zero-order chi connectivity index (χ0) is 14.4. The van der Waals surface area contributed by atoms with E-state index in [1.165, 1.54) is 5.56 Å². The molecule has 1 aromatic carbocycles. The summed E-state index contributed by atoms with van der Waals surface area (Å²) in [5, 5.41) is 7.31. The molecule has 0 aliphatic rings. The van der Waals surface area contributed by atoms with Gasteiger partial charge in [-0.05, 0) is 37.6 Å². The van der Waals surface area contributed by atoms with Crippen molar-refractivity contribution in [3.8, 4) is 0 Å². The number of hydrogen-bond donors (Lipinski definition) is 2. The maximum Gasteiger partial charge on any atom is 0.221 e. The van der Waals surface area contributed by atoms with Gasteiger partial charge in [0.2, 0.25) is 5.91 Å². The SMILES string of the molecule is CC(C)NC(=O)CCNCc1ccc2ncccc2c1. The van der Waals surface area contributed by atoms with Gasteiger partial charge in [-0.15, -0.1) is 0 Å². The Hall–Kier alpha value is -1.94. The standard InChI is InChI=1S/C16H21N3O/c1-12(2)19-16(20)7-9-17-11-13-5-6-15-14(10-13)4-3-8-18-15/h3-6,8,10,12,17H,7,9,11H2,1-2H3,(H,19,20). The zero-order valence-electron chi connectivity index (χ0n) is 12.0. The lowest BCUT2D eigenvalue weighted by molar-refractivity contribution is -0.121. The van der Waals surface area contributed by atoms with E-state index in [1.54, 1.807) is 6.20 Å². The van der Waals surface area contributed by atoms with Gasteiger partial charge in [-0.1, -0.05) is 12.1 Å². The lowest BCUT2D eigenvalue weighted by atomic mass is 10.1. The van der Waals surface area contributed by atoms with E-state index < -0.39 is 0 Å². The first-order valence-electron chi connectivity index (χ1n) is 6.99. The van der Waals surface area contributed by atoms with Crippen molar-refractivity contribution in [1.82, 2.24) is 15.6 Å². The van der Waals surface area contributed by atoms with Crippen LogP contribution in [0, 0.1) is 0 Å². The molecule has 2 aromatic rings. The molecule has 0 atom stereocenters. The fourth-order valence-electron chi connectivity index (χ4n) is 2.06. The Labute approximate surface area is 119 Å². The Morgan fingerprint density at radius 2 is 2.15 bits per heavy atom. The first-order chi connectivity index (χ1) is 9.65. The molecule has 0 saturated carbocycles. The molecule has 0 fully saturated rings. The van der Waals surface area contributed by atoms with Gasteiger partial charge in [0.25, 0.3) is 0 Å². The van der Waals surface area contributed by atoms with Crippen molar-refractivity contribution in [2.45, 2.75) is 32.9 Å². The second kappa shape index (κ2) is 7.01. The van der Waals surface area contributed by atoms with E-state index in [4.69, 9.17) is 0 Å². The highest BCUT2D eigenvalue weighted by molar-refractivity contribution is 5.79. The molecular weight excluding hydrogens is 250 g/mol. The van der Waals surface area contributed by atoms with E-state index in [0.717, 1.165) is 17.4 Å². The molecule has 4 nitrogen and oxygen atoms in total. The number of carbonyl (C=O) groups excluding carboxylic acids is 1. The van der Waals surface area contributed by atoms with Crippen LogP contribution in [0.15, 0.2) is 36.5 Å². The van der Waals surface area contributed by atoms with Gasteiger partial charge >= 0.3 is 0 Å². The van der Waals surface area contributed by atoms with Crippen LogP contribution in [-0.2, 0) is 11.3 Å². The molecule has 0 unspecified atom stereocenters. The average Bonchev–Trinajstić information content (AvgIpc) is 2.43. The lowest BCUT2D eigenvalue weighted by Gasteiger charge is -2.09. The second-order valence-electron chi connectivity index (χ2n) is 5.18. The normalized spacial score (nSPS) is 10.9. The van der Waals surface area contributed by atoms with Crippen LogP contribution in [-0.4, -0.2) is 23.5 Å². The number of nitrogens with zero attached hydrogens (tertiary/aromatic N) is 1. The smallest absolute Gasteiger partial charge is 0.221 e. The Morgan fingerprint density at radius 3 is 2.95 bits per heavy atom. The molecule has 0 saturated heterocycles. The van der Waals surface area contributed by atoms with Gasteiger partial charge in [-0.2, -0.15) is 0 Å². The molecule has 0 spiro atoms. The minimum absolute atomic E-state index is 0.0928.